The molecule has 0 unspecified atom stereocenters. The maximum Gasteiger partial charge on any atom is 0.150 e. The number of rotatable bonds is 4. The highest BCUT2D eigenvalue weighted by Crippen LogP contribution is 2.42. The molecule has 0 saturated carbocycles. The summed E-state index contributed by atoms with van der Waals surface area (Å²) >= 11 is 3.72. The van der Waals surface area contributed by atoms with E-state index in [-0.39, 0.29) is 0 Å². The van der Waals surface area contributed by atoms with Gasteiger partial charge in [-0.05, 0) is 65.2 Å². The Morgan fingerprint density at radius 2 is 1.32 bits per heavy atom. The molecule has 0 spiro atoms. The van der Waals surface area contributed by atoms with E-state index in [1.54, 1.807) is 7.11 Å². The van der Waals surface area contributed by atoms with Crippen LogP contribution in [-0.2, 0) is 0 Å². The van der Waals surface area contributed by atoms with E-state index in [2.05, 4.69) is 130 Å². The molecule has 0 amide bonds. The summed E-state index contributed by atoms with van der Waals surface area (Å²) in [5, 5.41) is 4.61. The first kappa shape index (κ1) is 24.0. The van der Waals surface area contributed by atoms with Gasteiger partial charge >= 0.3 is 0 Å². The topological polar surface area (TPSA) is 27.3 Å². The highest BCUT2D eigenvalue weighted by molar-refractivity contribution is 9.10. The molecule has 0 radical (unpaired) electrons. The van der Waals surface area contributed by atoms with Crippen molar-refractivity contribution in [3.8, 4) is 33.7 Å². The van der Waals surface area contributed by atoms with Crippen molar-refractivity contribution in [2.45, 2.75) is 0 Å². The Labute approximate surface area is 245 Å². The third-order valence-electron chi connectivity index (χ3n) is 7.97. The molecule has 0 atom stereocenters. The summed E-state index contributed by atoms with van der Waals surface area (Å²) < 4.78 is 15.6. The minimum atomic E-state index is 0.855. The van der Waals surface area contributed by atoms with Gasteiger partial charge in [-0.25, -0.2) is 0 Å². The number of aromatic nitrogens is 1. The van der Waals surface area contributed by atoms with Crippen LogP contribution in [0.2, 0.25) is 0 Å². The van der Waals surface area contributed by atoms with E-state index in [1.165, 1.54) is 10.8 Å². The zero-order chi connectivity index (χ0) is 27.5. The SMILES string of the molecule is COc1c(-c2ccccc2)cccc1-n1c2ccccc2c2cc(-c3ccc4oc5cccc(Br)c5c4c3)ccc21. The number of hydrogen-bond donors (Lipinski definition) is 0. The van der Waals surface area contributed by atoms with Crippen molar-refractivity contribution in [1.82, 2.24) is 4.57 Å². The second kappa shape index (κ2) is 9.39. The number of para-hydroxylation sites is 2. The molecule has 8 aromatic rings. The van der Waals surface area contributed by atoms with Gasteiger partial charge in [0.1, 0.15) is 11.2 Å². The van der Waals surface area contributed by atoms with Gasteiger partial charge in [0.05, 0.1) is 23.8 Å². The molecule has 6 aromatic carbocycles. The quantitative estimate of drug-likeness (QED) is 0.203. The fourth-order valence-electron chi connectivity index (χ4n) is 6.14. The van der Waals surface area contributed by atoms with Crippen molar-refractivity contribution >= 4 is 59.7 Å². The molecule has 0 aliphatic carbocycles. The van der Waals surface area contributed by atoms with Gasteiger partial charge in [0.25, 0.3) is 0 Å². The smallest absolute Gasteiger partial charge is 0.150 e. The molecule has 8 rings (SSSR count). The number of hydrogen-bond acceptors (Lipinski definition) is 2. The Morgan fingerprint density at radius 3 is 2.17 bits per heavy atom. The van der Waals surface area contributed by atoms with Crippen LogP contribution in [0.15, 0.2) is 136 Å². The van der Waals surface area contributed by atoms with Crippen LogP contribution in [0.25, 0.3) is 71.7 Å². The van der Waals surface area contributed by atoms with Gasteiger partial charge in [-0.2, -0.15) is 0 Å². The molecule has 0 aliphatic heterocycles. The summed E-state index contributed by atoms with van der Waals surface area (Å²) in [6, 6.07) is 44.7. The molecule has 0 bridgehead atoms. The van der Waals surface area contributed by atoms with Crippen LogP contribution in [0, 0.1) is 0 Å². The molecule has 0 saturated heterocycles. The summed E-state index contributed by atoms with van der Waals surface area (Å²) in [6.07, 6.45) is 0. The summed E-state index contributed by atoms with van der Waals surface area (Å²) in [7, 11) is 1.76. The molecule has 4 heteroatoms. The van der Waals surface area contributed by atoms with E-state index in [1.807, 2.05) is 18.2 Å². The van der Waals surface area contributed by atoms with Crippen LogP contribution in [0.5, 0.6) is 5.75 Å². The first-order chi connectivity index (χ1) is 20.2. The number of fused-ring (bicyclic) bond motifs is 6. The second-order valence-corrected chi connectivity index (χ2v) is 11.1. The Morgan fingerprint density at radius 1 is 0.585 bits per heavy atom. The second-order valence-electron chi connectivity index (χ2n) is 10.2. The lowest BCUT2D eigenvalue weighted by Gasteiger charge is -2.16. The average Bonchev–Trinajstić information content (AvgIpc) is 3.56. The van der Waals surface area contributed by atoms with Crippen molar-refractivity contribution in [3.05, 3.63) is 132 Å². The highest BCUT2D eigenvalue weighted by atomic mass is 79.9. The Balaban J connectivity index is 1.36. The predicted molar refractivity (Wildman–Crippen MR) is 173 cm³/mol. The lowest BCUT2D eigenvalue weighted by atomic mass is 10.0. The van der Waals surface area contributed by atoms with E-state index in [4.69, 9.17) is 9.15 Å². The molecule has 196 valence electrons. The highest BCUT2D eigenvalue weighted by Gasteiger charge is 2.19. The lowest BCUT2D eigenvalue weighted by molar-refractivity contribution is 0.415. The molecule has 2 aromatic heterocycles. The van der Waals surface area contributed by atoms with E-state index >= 15 is 0 Å². The number of methoxy groups -OCH3 is 1. The summed E-state index contributed by atoms with van der Waals surface area (Å²) in [4.78, 5) is 0. The van der Waals surface area contributed by atoms with Gasteiger partial charge < -0.3 is 13.7 Å². The number of ether oxygens (including phenoxy) is 1. The van der Waals surface area contributed by atoms with Crippen molar-refractivity contribution in [1.29, 1.82) is 0 Å². The minimum Gasteiger partial charge on any atom is -0.494 e. The largest absolute Gasteiger partial charge is 0.494 e. The van der Waals surface area contributed by atoms with Crippen LogP contribution >= 0.6 is 15.9 Å². The zero-order valence-electron chi connectivity index (χ0n) is 22.3. The molecule has 2 heterocycles. The number of benzene rings is 6. The Hall–Kier alpha value is -4.80. The third kappa shape index (κ3) is 3.71. The molecular formula is C37H24BrNO2. The fraction of sp³-hybridized carbons (Fsp3) is 0.0270. The Bertz CT molecular complexity index is 2260. The van der Waals surface area contributed by atoms with E-state index in [9.17, 15) is 0 Å². The van der Waals surface area contributed by atoms with Gasteiger partial charge in [0.15, 0.2) is 5.75 Å². The molecule has 41 heavy (non-hydrogen) atoms. The minimum absolute atomic E-state index is 0.855. The van der Waals surface area contributed by atoms with E-state index < -0.39 is 0 Å². The van der Waals surface area contributed by atoms with Crippen LogP contribution in [-0.4, -0.2) is 11.7 Å². The average molecular weight is 595 g/mol. The van der Waals surface area contributed by atoms with Crippen LogP contribution < -0.4 is 4.74 Å². The van der Waals surface area contributed by atoms with Gasteiger partial charge in [-0.1, -0.05) is 94.8 Å². The van der Waals surface area contributed by atoms with Crippen molar-refractivity contribution < 1.29 is 9.15 Å². The number of nitrogens with zero attached hydrogens (tertiary/aromatic N) is 1. The number of furan rings is 1. The maximum atomic E-state index is 6.12. The zero-order valence-corrected chi connectivity index (χ0v) is 23.9. The van der Waals surface area contributed by atoms with Crippen LogP contribution in [0.1, 0.15) is 0 Å². The van der Waals surface area contributed by atoms with Crippen molar-refractivity contribution in [2.75, 3.05) is 7.11 Å². The van der Waals surface area contributed by atoms with E-state index in [0.717, 1.165) is 71.1 Å². The van der Waals surface area contributed by atoms with Gasteiger partial charge in [-0.3, -0.25) is 0 Å². The van der Waals surface area contributed by atoms with Gasteiger partial charge in [0.2, 0.25) is 0 Å². The van der Waals surface area contributed by atoms with Crippen LogP contribution in [0.3, 0.4) is 0 Å². The molecular weight excluding hydrogens is 570 g/mol. The van der Waals surface area contributed by atoms with Crippen molar-refractivity contribution in [3.63, 3.8) is 0 Å². The lowest BCUT2D eigenvalue weighted by Crippen LogP contribution is -1.99. The Kier molecular flexibility index (Phi) is 5.51. The molecule has 0 fully saturated rings. The van der Waals surface area contributed by atoms with Gasteiger partial charge in [0, 0.05) is 31.6 Å². The van der Waals surface area contributed by atoms with Gasteiger partial charge in [-0.15, -0.1) is 0 Å². The fourth-order valence-corrected chi connectivity index (χ4v) is 6.70. The third-order valence-corrected chi connectivity index (χ3v) is 8.64. The standard InChI is InChI=1S/C37H24BrNO2/c1-40-37-26(23-9-3-2-4-10-23)12-7-15-33(37)39-31-14-6-5-11-27(31)28-21-24(17-19-32(28)39)25-18-20-34-29(22-25)36-30(38)13-8-16-35(36)41-34/h2-22H,1H3. The summed E-state index contributed by atoms with van der Waals surface area (Å²) in [6.45, 7) is 0. The molecule has 3 nitrogen and oxygen atoms in total. The van der Waals surface area contributed by atoms with Crippen molar-refractivity contribution in [2.24, 2.45) is 0 Å². The van der Waals surface area contributed by atoms with Crippen LogP contribution in [0.4, 0.5) is 0 Å². The summed E-state index contributed by atoms with van der Waals surface area (Å²) in [5.41, 5.74) is 9.58. The van der Waals surface area contributed by atoms with E-state index in [0.29, 0.717) is 0 Å². The predicted octanol–water partition coefficient (Wildman–Crippen LogP) is 10.8. The number of halogens is 1. The normalized spacial score (nSPS) is 11.7. The first-order valence-corrected chi connectivity index (χ1v) is 14.4. The molecule has 0 N–H and O–H groups in total. The maximum absolute atomic E-state index is 6.12. The molecule has 0 aliphatic rings. The monoisotopic (exact) mass is 593 g/mol. The first-order valence-electron chi connectivity index (χ1n) is 13.6. The summed E-state index contributed by atoms with van der Waals surface area (Å²) in [5.74, 6) is 0.855.